The van der Waals surface area contributed by atoms with Gasteiger partial charge in [0.05, 0.1) is 13.2 Å². The Morgan fingerprint density at radius 1 is 1.15 bits per heavy atom. The maximum Gasteiger partial charge on any atom is 0.255 e. The number of hydrogen-bond donors (Lipinski definition) is 1. The molecule has 1 heterocycles. The Labute approximate surface area is 117 Å². The van der Waals surface area contributed by atoms with E-state index < -0.39 is 0 Å². The van der Waals surface area contributed by atoms with Gasteiger partial charge in [-0.3, -0.25) is 4.79 Å². The zero-order chi connectivity index (χ0) is 13.9. The van der Waals surface area contributed by atoms with E-state index in [1.54, 1.807) is 6.07 Å². The van der Waals surface area contributed by atoms with Crippen LogP contribution in [0.2, 0.25) is 0 Å². The van der Waals surface area contributed by atoms with E-state index in [0.717, 1.165) is 16.7 Å². The second-order valence-electron chi connectivity index (χ2n) is 4.66. The molecule has 20 heavy (non-hydrogen) atoms. The lowest BCUT2D eigenvalue weighted by atomic mass is 10.1. The number of fused-ring (bicyclic) bond motifs is 1. The molecule has 1 aliphatic heterocycles. The largest absolute Gasteiger partial charge is 0.372 e. The van der Waals surface area contributed by atoms with E-state index in [1.165, 1.54) is 0 Å². The first kappa shape index (κ1) is 12.5. The molecular formula is C17H13NO2. The van der Waals surface area contributed by atoms with Crippen LogP contribution in [0.25, 0.3) is 0 Å². The molecular weight excluding hydrogens is 250 g/mol. The molecule has 0 saturated heterocycles. The van der Waals surface area contributed by atoms with Crippen molar-refractivity contribution < 1.29 is 9.53 Å². The molecule has 0 aliphatic carbocycles. The second-order valence-corrected chi connectivity index (χ2v) is 4.66. The van der Waals surface area contributed by atoms with Crippen LogP contribution in [0.3, 0.4) is 0 Å². The van der Waals surface area contributed by atoms with Crippen LogP contribution in [-0.4, -0.2) is 5.91 Å². The molecule has 0 radical (unpaired) electrons. The minimum atomic E-state index is -0.145. The summed E-state index contributed by atoms with van der Waals surface area (Å²) in [4.78, 5) is 12.2. The summed E-state index contributed by atoms with van der Waals surface area (Å²) in [5.74, 6) is 2.40. The number of terminal acetylenes is 1. The fourth-order valence-electron chi connectivity index (χ4n) is 2.20. The fraction of sp³-hybridized carbons (Fsp3) is 0.118. The molecule has 2 aromatic carbocycles. The molecule has 2 aromatic rings. The molecule has 98 valence electrons. The SMILES string of the molecule is C#Cc1cccc(NC(=O)c2ccc3c(c2)COC3)c1. The molecule has 3 heteroatoms. The van der Waals surface area contributed by atoms with Crippen LogP contribution < -0.4 is 5.32 Å². The molecule has 0 fully saturated rings. The van der Waals surface area contributed by atoms with Crippen molar-refractivity contribution in [2.75, 3.05) is 5.32 Å². The van der Waals surface area contributed by atoms with E-state index in [-0.39, 0.29) is 5.91 Å². The van der Waals surface area contributed by atoms with Crippen LogP contribution >= 0.6 is 0 Å². The third-order valence-electron chi connectivity index (χ3n) is 3.27. The third-order valence-corrected chi connectivity index (χ3v) is 3.27. The number of carbonyl (C=O) groups excluding carboxylic acids is 1. The van der Waals surface area contributed by atoms with Gasteiger partial charge in [0, 0.05) is 16.8 Å². The molecule has 1 amide bonds. The molecule has 0 spiro atoms. The van der Waals surface area contributed by atoms with E-state index in [9.17, 15) is 4.79 Å². The van der Waals surface area contributed by atoms with Gasteiger partial charge in [0.15, 0.2) is 0 Å². The smallest absolute Gasteiger partial charge is 0.255 e. The van der Waals surface area contributed by atoms with Crippen molar-refractivity contribution >= 4 is 11.6 Å². The van der Waals surface area contributed by atoms with Crippen molar-refractivity contribution in [3.63, 3.8) is 0 Å². The number of hydrogen-bond acceptors (Lipinski definition) is 2. The van der Waals surface area contributed by atoms with Gasteiger partial charge in [-0.1, -0.05) is 18.1 Å². The Balaban J connectivity index is 1.81. The monoisotopic (exact) mass is 263 g/mol. The van der Waals surface area contributed by atoms with E-state index >= 15 is 0 Å². The van der Waals surface area contributed by atoms with Gasteiger partial charge in [-0.2, -0.15) is 0 Å². The highest BCUT2D eigenvalue weighted by Gasteiger charge is 2.14. The topological polar surface area (TPSA) is 38.3 Å². The molecule has 3 rings (SSSR count). The quantitative estimate of drug-likeness (QED) is 0.846. The fourth-order valence-corrected chi connectivity index (χ4v) is 2.20. The normalized spacial score (nSPS) is 12.6. The molecule has 1 aliphatic rings. The summed E-state index contributed by atoms with van der Waals surface area (Å²) < 4.78 is 5.34. The Kier molecular flexibility index (Phi) is 3.24. The predicted molar refractivity (Wildman–Crippen MR) is 77.3 cm³/mol. The molecule has 1 N–H and O–H groups in total. The van der Waals surface area contributed by atoms with Crippen molar-refractivity contribution in [3.8, 4) is 12.3 Å². The average Bonchev–Trinajstić information content (AvgIpc) is 2.94. The van der Waals surface area contributed by atoms with Crippen molar-refractivity contribution in [1.82, 2.24) is 0 Å². The average molecular weight is 263 g/mol. The highest BCUT2D eigenvalue weighted by atomic mass is 16.5. The number of nitrogens with one attached hydrogen (secondary N) is 1. The van der Waals surface area contributed by atoms with Crippen molar-refractivity contribution in [3.05, 3.63) is 64.7 Å². The van der Waals surface area contributed by atoms with Gasteiger partial charge in [0.1, 0.15) is 0 Å². The Hall–Kier alpha value is -2.57. The van der Waals surface area contributed by atoms with E-state index in [4.69, 9.17) is 11.2 Å². The van der Waals surface area contributed by atoms with Gasteiger partial charge in [-0.25, -0.2) is 0 Å². The lowest BCUT2D eigenvalue weighted by Gasteiger charge is -2.07. The second kappa shape index (κ2) is 5.20. The molecule has 0 atom stereocenters. The van der Waals surface area contributed by atoms with Crippen LogP contribution in [0.15, 0.2) is 42.5 Å². The van der Waals surface area contributed by atoms with E-state index in [2.05, 4.69) is 11.2 Å². The summed E-state index contributed by atoms with van der Waals surface area (Å²) >= 11 is 0. The minimum absolute atomic E-state index is 0.145. The summed E-state index contributed by atoms with van der Waals surface area (Å²) in [6.07, 6.45) is 5.35. The first-order valence-electron chi connectivity index (χ1n) is 6.34. The zero-order valence-electron chi connectivity index (χ0n) is 10.8. The summed E-state index contributed by atoms with van der Waals surface area (Å²) in [5.41, 5.74) is 4.29. The summed E-state index contributed by atoms with van der Waals surface area (Å²) in [5, 5.41) is 2.85. The number of carbonyl (C=O) groups is 1. The molecule has 0 bridgehead atoms. The number of amides is 1. The van der Waals surface area contributed by atoms with Crippen LogP contribution in [-0.2, 0) is 18.0 Å². The number of rotatable bonds is 2. The van der Waals surface area contributed by atoms with Crippen LogP contribution in [0.4, 0.5) is 5.69 Å². The number of ether oxygens (including phenoxy) is 1. The van der Waals surface area contributed by atoms with Crippen LogP contribution in [0.5, 0.6) is 0 Å². The Morgan fingerprint density at radius 2 is 2.00 bits per heavy atom. The predicted octanol–water partition coefficient (Wildman–Crippen LogP) is 2.95. The summed E-state index contributed by atoms with van der Waals surface area (Å²) in [6, 6.07) is 12.9. The van der Waals surface area contributed by atoms with E-state index in [1.807, 2.05) is 36.4 Å². The molecule has 0 unspecified atom stereocenters. The lowest BCUT2D eigenvalue weighted by Crippen LogP contribution is -2.12. The van der Waals surface area contributed by atoms with Gasteiger partial charge in [-0.15, -0.1) is 6.42 Å². The van der Waals surface area contributed by atoms with E-state index in [0.29, 0.717) is 24.5 Å². The zero-order valence-corrected chi connectivity index (χ0v) is 10.8. The Bertz CT molecular complexity index is 713. The summed E-state index contributed by atoms with van der Waals surface area (Å²) in [7, 11) is 0. The van der Waals surface area contributed by atoms with Crippen LogP contribution in [0, 0.1) is 12.3 Å². The number of benzene rings is 2. The van der Waals surface area contributed by atoms with Crippen molar-refractivity contribution in [2.24, 2.45) is 0 Å². The Morgan fingerprint density at radius 3 is 2.85 bits per heavy atom. The van der Waals surface area contributed by atoms with Crippen molar-refractivity contribution in [1.29, 1.82) is 0 Å². The molecule has 0 saturated carbocycles. The first-order valence-corrected chi connectivity index (χ1v) is 6.34. The summed E-state index contributed by atoms with van der Waals surface area (Å²) in [6.45, 7) is 1.20. The van der Waals surface area contributed by atoms with Gasteiger partial charge in [-0.05, 0) is 41.5 Å². The standard InChI is InChI=1S/C17H13NO2/c1-2-12-4-3-5-16(8-12)18-17(19)13-6-7-14-10-20-11-15(14)9-13/h1,3-9H,10-11H2,(H,18,19). The highest BCUT2D eigenvalue weighted by molar-refractivity contribution is 6.04. The van der Waals surface area contributed by atoms with Crippen LogP contribution in [0.1, 0.15) is 27.0 Å². The van der Waals surface area contributed by atoms with Gasteiger partial charge in [0.2, 0.25) is 0 Å². The maximum absolute atomic E-state index is 12.2. The highest BCUT2D eigenvalue weighted by Crippen LogP contribution is 2.21. The molecule has 0 aromatic heterocycles. The minimum Gasteiger partial charge on any atom is -0.372 e. The number of anilines is 1. The lowest BCUT2D eigenvalue weighted by molar-refractivity contribution is 0.102. The first-order chi connectivity index (χ1) is 9.76. The van der Waals surface area contributed by atoms with Gasteiger partial charge in [0.25, 0.3) is 5.91 Å². The maximum atomic E-state index is 12.2. The molecule has 3 nitrogen and oxygen atoms in total. The third kappa shape index (κ3) is 2.42. The van der Waals surface area contributed by atoms with Gasteiger partial charge >= 0.3 is 0 Å². The van der Waals surface area contributed by atoms with Crippen molar-refractivity contribution in [2.45, 2.75) is 13.2 Å². The van der Waals surface area contributed by atoms with Gasteiger partial charge < -0.3 is 10.1 Å².